The molecule has 7 aromatic carbocycles. The number of hydrogen-bond donors (Lipinski definition) is 0. The summed E-state index contributed by atoms with van der Waals surface area (Å²) in [5, 5.41) is 4.98. The zero-order chi connectivity index (χ0) is 35.5. The van der Waals surface area contributed by atoms with E-state index in [0.29, 0.717) is 5.82 Å². The minimum absolute atomic E-state index is 0.182. The van der Waals surface area contributed by atoms with E-state index in [4.69, 9.17) is 9.97 Å². The maximum atomic E-state index is 5.25. The van der Waals surface area contributed by atoms with Crippen LogP contribution in [-0.4, -0.2) is 15.0 Å². The number of benzene rings is 7. The molecule has 0 aliphatic heterocycles. The van der Waals surface area contributed by atoms with Gasteiger partial charge in [-0.15, -0.1) is 0 Å². The predicted octanol–water partition coefficient (Wildman–Crippen LogP) is 12.8. The molecule has 1 aliphatic carbocycles. The highest BCUT2D eigenvalue weighted by atomic mass is 14.9. The van der Waals surface area contributed by atoms with Crippen molar-refractivity contribution in [1.82, 2.24) is 15.0 Å². The van der Waals surface area contributed by atoms with Gasteiger partial charge in [0.05, 0.1) is 11.4 Å². The highest BCUT2D eigenvalue weighted by Gasteiger charge is 2.39. The minimum Gasteiger partial charge on any atom is -0.264 e. The van der Waals surface area contributed by atoms with Crippen molar-refractivity contribution in [3.63, 3.8) is 0 Å². The zero-order valence-electron chi connectivity index (χ0n) is 29.6. The molecule has 2 aromatic heterocycles. The molecule has 9 aromatic rings. The van der Waals surface area contributed by atoms with Crippen molar-refractivity contribution in [1.29, 1.82) is 0 Å². The highest BCUT2D eigenvalue weighted by Crippen LogP contribution is 2.55. The van der Waals surface area contributed by atoms with Crippen LogP contribution in [-0.2, 0) is 5.41 Å². The Morgan fingerprint density at radius 3 is 1.81 bits per heavy atom. The molecule has 250 valence electrons. The fraction of sp³-hybridized carbons (Fsp3) is 0.0600. The molecule has 0 radical (unpaired) electrons. The summed E-state index contributed by atoms with van der Waals surface area (Å²) in [6, 6.07) is 58.5. The number of aromatic nitrogens is 3. The second-order valence-corrected chi connectivity index (χ2v) is 14.4. The van der Waals surface area contributed by atoms with Crippen LogP contribution in [0.25, 0.3) is 88.8 Å². The first-order chi connectivity index (χ1) is 26.0. The van der Waals surface area contributed by atoms with Crippen molar-refractivity contribution < 1.29 is 0 Å². The van der Waals surface area contributed by atoms with Crippen molar-refractivity contribution in [2.75, 3.05) is 0 Å². The van der Waals surface area contributed by atoms with Crippen LogP contribution in [0.15, 0.2) is 176 Å². The Labute approximate surface area is 309 Å². The largest absolute Gasteiger partial charge is 0.264 e. The minimum atomic E-state index is -0.182. The molecule has 3 heteroatoms. The van der Waals surface area contributed by atoms with E-state index in [-0.39, 0.29) is 5.41 Å². The second-order valence-electron chi connectivity index (χ2n) is 14.4. The number of nitrogens with zero attached hydrogens (tertiary/aromatic N) is 3. The fourth-order valence-corrected chi connectivity index (χ4v) is 8.57. The molecular weight excluding hydrogens is 643 g/mol. The van der Waals surface area contributed by atoms with Crippen LogP contribution < -0.4 is 0 Å². The lowest BCUT2D eigenvalue weighted by Crippen LogP contribution is -2.17. The van der Waals surface area contributed by atoms with Gasteiger partial charge in [0.15, 0.2) is 5.82 Å². The van der Waals surface area contributed by atoms with Crippen LogP contribution in [0.5, 0.6) is 0 Å². The standard InChI is InChI=1S/C50H35N3/c1-50(2)47-37-19-7-6-13-32(37)24-25-44(47)43-23-11-22-42(48(43)50)40-26-27-41(39-21-9-8-20-38(39)40)46-30-45(52-49(53-46)33-14-4-3-5-15-33)35-17-10-16-34(29-35)36-18-12-28-51-31-36/h3-31H,1-2H3. The van der Waals surface area contributed by atoms with Gasteiger partial charge in [-0.1, -0.05) is 159 Å². The highest BCUT2D eigenvalue weighted by molar-refractivity contribution is 6.07. The van der Waals surface area contributed by atoms with Gasteiger partial charge < -0.3 is 0 Å². The average molecular weight is 678 g/mol. The molecule has 0 saturated carbocycles. The van der Waals surface area contributed by atoms with Crippen LogP contribution in [0.3, 0.4) is 0 Å². The molecule has 53 heavy (non-hydrogen) atoms. The van der Waals surface area contributed by atoms with Crippen molar-refractivity contribution in [2.24, 2.45) is 0 Å². The maximum absolute atomic E-state index is 5.25. The summed E-state index contributed by atoms with van der Waals surface area (Å²) in [5.74, 6) is 0.700. The summed E-state index contributed by atoms with van der Waals surface area (Å²) in [6.45, 7) is 4.78. The van der Waals surface area contributed by atoms with Crippen molar-refractivity contribution in [3.8, 4) is 67.3 Å². The second kappa shape index (κ2) is 12.2. The van der Waals surface area contributed by atoms with E-state index in [1.54, 1.807) is 6.20 Å². The SMILES string of the molecule is CC1(C)c2c(cccc2-c2ccc(-c3cc(-c4cccc(-c5cccnc5)c4)nc(-c4ccccc4)n3)c3ccccc23)-c2ccc3ccccc3c21. The monoisotopic (exact) mass is 677 g/mol. The zero-order valence-corrected chi connectivity index (χ0v) is 29.6. The normalized spacial score (nSPS) is 12.9. The van der Waals surface area contributed by atoms with Gasteiger partial charge in [-0.25, -0.2) is 9.97 Å². The first-order valence-corrected chi connectivity index (χ1v) is 18.2. The van der Waals surface area contributed by atoms with E-state index in [1.165, 1.54) is 49.5 Å². The third kappa shape index (κ3) is 5.08. The quantitative estimate of drug-likeness (QED) is 0.182. The lowest BCUT2D eigenvalue weighted by Gasteiger charge is -2.26. The first kappa shape index (κ1) is 31.1. The van der Waals surface area contributed by atoms with Crippen LogP contribution in [0, 0.1) is 0 Å². The molecule has 0 unspecified atom stereocenters. The van der Waals surface area contributed by atoms with Gasteiger partial charge in [-0.2, -0.15) is 0 Å². The van der Waals surface area contributed by atoms with Crippen LogP contribution >= 0.6 is 0 Å². The Morgan fingerprint density at radius 2 is 1.00 bits per heavy atom. The summed E-state index contributed by atoms with van der Waals surface area (Å²) in [6.07, 6.45) is 3.70. The van der Waals surface area contributed by atoms with Gasteiger partial charge in [0.2, 0.25) is 0 Å². The van der Waals surface area contributed by atoms with Gasteiger partial charge in [0, 0.05) is 40.1 Å². The van der Waals surface area contributed by atoms with Crippen LogP contribution in [0.1, 0.15) is 25.0 Å². The molecule has 0 spiro atoms. The molecule has 10 rings (SSSR count). The summed E-state index contributed by atoms with van der Waals surface area (Å²) in [7, 11) is 0. The van der Waals surface area contributed by atoms with E-state index < -0.39 is 0 Å². The third-order valence-corrected chi connectivity index (χ3v) is 10.9. The molecule has 0 bridgehead atoms. The summed E-state index contributed by atoms with van der Waals surface area (Å²) in [5.41, 5.74) is 14.8. The predicted molar refractivity (Wildman–Crippen MR) is 220 cm³/mol. The molecule has 0 atom stereocenters. The van der Waals surface area contributed by atoms with E-state index in [1.807, 2.05) is 30.5 Å². The van der Waals surface area contributed by atoms with Crippen LogP contribution in [0.4, 0.5) is 0 Å². The molecule has 2 heterocycles. The molecule has 0 saturated heterocycles. The molecule has 0 fully saturated rings. The lowest BCUT2D eigenvalue weighted by atomic mass is 9.77. The molecular formula is C50H35N3. The average Bonchev–Trinajstić information content (AvgIpc) is 3.47. The molecule has 3 nitrogen and oxygen atoms in total. The molecule has 0 N–H and O–H groups in total. The smallest absolute Gasteiger partial charge is 0.160 e. The third-order valence-electron chi connectivity index (χ3n) is 10.9. The summed E-state index contributed by atoms with van der Waals surface area (Å²) in [4.78, 5) is 14.8. The van der Waals surface area contributed by atoms with E-state index in [2.05, 4.69) is 158 Å². The van der Waals surface area contributed by atoms with E-state index in [9.17, 15) is 0 Å². The van der Waals surface area contributed by atoms with Gasteiger partial charge in [-0.05, 0) is 78.7 Å². The number of fused-ring (bicyclic) bond motifs is 6. The Morgan fingerprint density at radius 1 is 0.396 bits per heavy atom. The van der Waals surface area contributed by atoms with Gasteiger partial charge in [-0.3, -0.25) is 4.98 Å². The molecule has 0 amide bonds. The Bertz CT molecular complexity index is 2860. The Hall–Kier alpha value is -6.71. The number of pyridine rings is 1. The van der Waals surface area contributed by atoms with Gasteiger partial charge in [0.1, 0.15) is 0 Å². The van der Waals surface area contributed by atoms with E-state index in [0.717, 1.165) is 44.6 Å². The maximum Gasteiger partial charge on any atom is 0.160 e. The number of rotatable bonds is 5. The van der Waals surface area contributed by atoms with Crippen molar-refractivity contribution in [3.05, 3.63) is 187 Å². The topological polar surface area (TPSA) is 38.7 Å². The number of hydrogen-bond acceptors (Lipinski definition) is 3. The van der Waals surface area contributed by atoms with Crippen molar-refractivity contribution in [2.45, 2.75) is 19.3 Å². The van der Waals surface area contributed by atoms with Gasteiger partial charge >= 0.3 is 0 Å². The molecule has 1 aliphatic rings. The fourth-order valence-electron chi connectivity index (χ4n) is 8.57. The van der Waals surface area contributed by atoms with Crippen molar-refractivity contribution >= 4 is 21.5 Å². The summed E-state index contributed by atoms with van der Waals surface area (Å²) >= 11 is 0. The lowest BCUT2D eigenvalue weighted by molar-refractivity contribution is 0.668. The Balaban J connectivity index is 1.16. The summed E-state index contributed by atoms with van der Waals surface area (Å²) < 4.78 is 0. The van der Waals surface area contributed by atoms with E-state index >= 15 is 0 Å². The van der Waals surface area contributed by atoms with Crippen LogP contribution in [0.2, 0.25) is 0 Å². The Kier molecular flexibility index (Phi) is 7.16. The first-order valence-electron chi connectivity index (χ1n) is 18.2. The van der Waals surface area contributed by atoms with Gasteiger partial charge in [0.25, 0.3) is 0 Å².